The van der Waals surface area contributed by atoms with E-state index in [2.05, 4.69) is 20.4 Å². The van der Waals surface area contributed by atoms with Gasteiger partial charge in [0, 0.05) is 17.9 Å². The minimum atomic E-state index is -0.788. The number of ether oxygens (including phenoxy) is 2. The van der Waals surface area contributed by atoms with Crippen molar-refractivity contribution >= 4 is 11.9 Å². The van der Waals surface area contributed by atoms with Gasteiger partial charge in [-0.25, -0.2) is 4.79 Å². The number of esters is 2. The summed E-state index contributed by atoms with van der Waals surface area (Å²) in [5.41, 5.74) is 1.45. The first-order valence-electron chi connectivity index (χ1n) is 7.72. The van der Waals surface area contributed by atoms with E-state index in [1.54, 1.807) is 6.92 Å². The Kier molecular flexibility index (Phi) is 4.38. The van der Waals surface area contributed by atoms with E-state index in [1.165, 1.54) is 6.92 Å². The summed E-state index contributed by atoms with van der Waals surface area (Å²) in [4.78, 5) is 23.2. The highest BCUT2D eigenvalue weighted by Crippen LogP contribution is 2.46. The van der Waals surface area contributed by atoms with Crippen molar-refractivity contribution < 1.29 is 19.1 Å². The maximum atomic E-state index is 12.0. The fourth-order valence-electron chi connectivity index (χ4n) is 3.01. The number of allylic oxidation sites excluding steroid dienone is 2. The molecule has 0 N–H and O–H groups in total. The lowest BCUT2D eigenvalue weighted by molar-refractivity contribution is -0.147. The lowest BCUT2D eigenvalue weighted by Crippen LogP contribution is -2.32. The summed E-state index contributed by atoms with van der Waals surface area (Å²) in [5.74, 6) is -0.726. The van der Waals surface area contributed by atoms with E-state index in [0.717, 1.165) is 17.6 Å². The average molecular weight is 316 g/mol. The first kappa shape index (κ1) is 17.3. The Balaban J connectivity index is 2.32. The molecular formula is C19H24O4. The maximum Gasteiger partial charge on any atom is 0.333 e. The van der Waals surface area contributed by atoms with E-state index in [-0.39, 0.29) is 23.5 Å². The molecule has 2 rings (SSSR count). The third-order valence-electron chi connectivity index (χ3n) is 4.16. The lowest BCUT2D eigenvalue weighted by Gasteiger charge is -2.29. The monoisotopic (exact) mass is 316 g/mol. The average Bonchev–Trinajstić information content (AvgIpc) is 2.53. The van der Waals surface area contributed by atoms with Crippen LogP contribution < -0.4 is 0 Å². The molecule has 0 saturated carbocycles. The Morgan fingerprint density at radius 3 is 2.35 bits per heavy atom. The van der Waals surface area contributed by atoms with Crippen molar-refractivity contribution in [2.75, 3.05) is 0 Å². The second kappa shape index (κ2) is 5.84. The van der Waals surface area contributed by atoms with Crippen molar-refractivity contribution in [1.82, 2.24) is 0 Å². The fraction of sp³-hybridized carbons (Fsp3) is 0.474. The van der Waals surface area contributed by atoms with E-state index in [9.17, 15) is 9.59 Å². The largest absolute Gasteiger partial charge is 0.454 e. The highest BCUT2D eigenvalue weighted by Gasteiger charge is 2.43. The van der Waals surface area contributed by atoms with Crippen molar-refractivity contribution in [3.8, 4) is 0 Å². The van der Waals surface area contributed by atoms with Crippen LogP contribution in [0.2, 0.25) is 0 Å². The molecule has 2 unspecified atom stereocenters. The topological polar surface area (TPSA) is 52.6 Å². The molecule has 0 aromatic heterocycles. The van der Waals surface area contributed by atoms with E-state index in [1.807, 2.05) is 31.2 Å². The quantitative estimate of drug-likeness (QED) is 0.589. The number of carbonyl (C=O) groups is 2. The summed E-state index contributed by atoms with van der Waals surface area (Å²) in [6.45, 7) is 12.6. The van der Waals surface area contributed by atoms with Gasteiger partial charge in [-0.1, -0.05) is 32.6 Å². The molecule has 0 fully saturated rings. The van der Waals surface area contributed by atoms with Gasteiger partial charge in [0.25, 0.3) is 0 Å². The first-order valence-corrected chi connectivity index (χ1v) is 7.72. The van der Waals surface area contributed by atoms with Crippen molar-refractivity contribution in [2.24, 2.45) is 5.41 Å². The third-order valence-corrected chi connectivity index (χ3v) is 4.16. The van der Waals surface area contributed by atoms with Crippen LogP contribution in [0.1, 0.15) is 41.0 Å². The van der Waals surface area contributed by atoms with Crippen LogP contribution in [-0.2, 0) is 19.1 Å². The third kappa shape index (κ3) is 3.63. The summed E-state index contributed by atoms with van der Waals surface area (Å²) in [5, 5.41) is 0. The Morgan fingerprint density at radius 1 is 1.17 bits per heavy atom. The molecule has 0 saturated heterocycles. The SMILES string of the molecule is C=C(C)C(=O)OC1C2=C(C=CC(C)(OC(C)=O)C=C2)CC1(C)C. The fourth-order valence-corrected chi connectivity index (χ4v) is 3.01. The molecule has 0 spiro atoms. The normalized spacial score (nSPS) is 28.1. The smallest absolute Gasteiger partial charge is 0.333 e. The van der Waals surface area contributed by atoms with Gasteiger partial charge >= 0.3 is 11.9 Å². The minimum Gasteiger partial charge on any atom is -0.454 e. The summed E-state index contributed by atoms with van der Waals surface area (Å²) in [7, 11) is 0. The highest BCUT2D eigenvalue weighted by atomic mass is 16.6. The zero-order valence-corrected chi connectivity index (χ0v) is 14.4. The summed E-state index contributed by atoms with van der Waals surface area (Å²) in [6, 6.07) is 0. The standard InChI is InChI=1S/C19H24O4/c1-12(2)17(21)22-16-15-8-10-19(6,23-13(3)20)9-7-14(15)11-18(16,4)5/h7-10,16H,1,11H2,2-6H3. The number of rotatable bonds is 3. The Morgan fingerprint density at radius 2 is 1.78 bits per heavy atom. The Bertz CT molecular complexity index is 648. The van der Waals surface area contributed by atoms with Crippen molar-refractivity contribution in [3.05, 3.63) is 47.6 Å². The first-order chi connectivity index (χ1) is 10.5. The molecule has 2 atom stereocenters. The number of hydrogen-bond donors (Lipinski definition) is 0. The van der Waals surface area contributed by atoms with Crippen LogP contribution in [-0.4, -0.2) is 23.6 Å². The molecule has 0 aliphatic heterocycles. The van der Waals surface area contributed by atoms with Gasteiger partial charge in [0.1, 0.15) is 11.7 Å². The van der Waals surface area contributed by atoms with Gasteiger partial charge in [-0.3, -0.25) is 4.79 Å². The zero-order valence-electron chi connectivity index (χ0n) is 14.4. The van der Waals surface area contributed by atoms with Crippen LogP contribution in [0.4, 0.5) is 0 Å². The Hall–Kier alpha value is -2.10. The summed E-state index contributed by atoms with van der Waals surface area (Å²) < 4.78 is 11.0. The summed E-state index contributed by atoms with van der Waals surface area (Å²) >= 11 is 0. The predicted octanol–water partition coefficient (Wildman–Crippen LogP) is 3.65. The minimum absolute atomic E-state index is 0.195. The van der Waals surface area contributed by atoms with Gasteiger partial charge < -0.3 is 9.47 Å². The maximum absolute atomic E-state index is 12.0. The molecule has 0 aromatic rings. The van der Waals surface area contributed by atoms with Gasteiger partial charge in [0.15, 0.2) is 0 Å². The zero-order chi connectivity index (χ0) is 17.4. The van der Waals surface area contributed by atoms with Crippen molar-refractivity contribution in [1.29, 1.82) is 0 Å². The van der Waals surface area contributed by atoms with E-state index in [0.29, 0.717) is 5.57 Å². The van der Waals surface area contributed by atoms with Crippen molar-refractivity contribution in [3.63, 3.8) is 0 Å². The molecule has 23 heavy (non-hydrogen) atoms. The second-order valence-corrected chi connectivity index (χ2v) is 7.16. The van der Waals surface area contributed by atoms with Gasteiger partial charge in [-0.05, 0) is 43.6 Å². The molecule has 4 heteroatoms. The molecule has 0 bridgehead atoms. The van der Waals surface area contributed by atoms with Crippen LogP contribution in [0, 0.1) is 5.41 Å². The van der Waals surface area contributed by atoms with Crippen LogP contribution in [0.5, 0.6) is 0 Å². The summed E-state index contributed by atoms with van der Waals surface area (Å²) in [6.07, 6.45) is 8.01. The molecule has 0 heterocycles. The molecule has 124 valence electrons. The number of carbonyl (C=O) groups excluding carboxylic acids is 2. The molecule has 2 aliphatic rings. The van der Waals surface area contributed by atoms with Crippen molar-refractivity contribution in [2.45, 2.75) is 52.7 Å². The molecule has 0 radical (unpaired) electrons. The van der Waals surface area contributed by atoms with E-state index < -0.39 is 5.60 Å². The van der Waals surface area contributed by atoms with Crippen LogP contribution >= 0.6 is 0 Å². The molecule has 2 aliphatic carbocycles. The van der Waals surface area contributed by atoms with Crippen LogP contribution in [0.25, 0.3) is 0 Å². The number of hydrogen-bond acceptors (Lipinski definition) is 4. The van der Waals surface area contributed by atoms with Crippen LogP contribution in [0.15, 0.2) is 47.6 Å². The second-order valence-electron chi connectivity index (χ2n) is 7.16. The van der Waals surface area contributed by atoms with Gasteiger partial charge in [0.2, 0.25) is 0 Å². The molecular weight excluding hydrogens is 292 g/mol. The Labute approximate surface area is 137 Å². The lowest BCUT2D eigenvalue weighted by atomic mass is 9.85. The van der Waals surface area contributed by atoms with Gasteiger partial charge in [0.05, 0.1) is 0 Å². The van der Waals surface area contributed by atoms with Gasteiger partial charge in [-0.15, -0.1) is 0 Å². The highest BCUT2D eigenvalue weighted by molar-refractivity contribution is 5.87. The molecule has 0 amide bonds. The predicted molar refractivity (Wildman–Crippen MR) is 88.6 cm³/mol. The van der Waals surface area contributed by atoms with Gasteiger partial charge in [-0.2, -0.15) is 0 Å². The van der Waals surface area contributed by atoms with Crippen LogP contribution in [0.3, 0.4) is 0 Å². The molecule has 0 aromatic carbocycles. The molecule has 4 nitrogen and oxygen atoms in total. The van der Waals surface area contributed by atoms with E-state index >= 15 is 0 Å². The van der Waals surface area contributed by atoms with E-state index in [4.69, 9.17) is 9.47 Å².